The number of allylic oxidation sites excluding steroid dienone is 9. The van der Waals surface area contributed by atoms with Crippen LogP contribution in [0.4, 0.5) is 0 Å². The van der Waals surface area contributed by atoms with Gasteiger partial charge in [0.05, 0.1) is 33.8 Å². The molecule has 0 aromatic carbocycles. The highest BCUT2D eigenvalue weighted by Gasteiger charge is 2.30. The summed E-state index contributed by atoms with van der Waals surface area (Å²) in [5.41, 5.74) is 0. The number of amides is 1. The maximum atomic E-state index is 13.5. The van der Waals surface area contributed by atoms with Crippen molar-refractivity contribution >= 4 is 19.7 Å². The van der Waals surface area contributed by atoms with Gasteiger partial charge in [0.15, 0.2) is 0 Å². The van der Waals surface area contributed by atoms with E-state index in [1.165, 1.54) is 96.3 Å². The van der Waals surface area contributed by atoms with Crippen molar-refractivity contribution in [1.82, 2.24) is 5.32 Å². The number of ether oxygens (including phenoxy) is 1. The zero-order chi connectivity index (χ0) is 49.4. The van der Waals surface area contributed by atoms with Crippen molar-refractivity contribution in [2.24, 2.45) is 0 Å². The normalized spacial score (nSPS) is 14.3. The first kappa shape index (κ1) is 64.7. The Morgan fingerprint density at radius 3 is 1.45 bits per heavy atom. The van der Waals surface area contributed by atoms with Gasteiger partial charge in [-0.2, -0.15) is 0 Å². The first-order valence-electron chi connectivity index (χ1n) is 27.6. The molecule has 3 unspecified atom stereocenters. The average Bonchev–Trinajstić information content (AvgIpc) is 3.28. The van der Waals surface area contributed by atoms with E-state index < -0.39 is 20.0 Å². The predicted octanol–water partition coefficient (Wildman–Crippen LogP) is 16.3. The lowest BCUT2D eigenvalue weighted by Crippen LogP contribution is -2.47. The van der Waals surface area contributed by atoms with Gasteiger partial charge in [-0.05, 0) is 89.5 Å². The van der Waals surface area contributed by atoms with Gasteiger partial charge in [0.25, 0.3) is 0 Å². The van der Waals surface area contributed by atoms with Gasteiger partial charge >= 0.3 is 13.8 Å². The molecule has 390 valence electrons. The van der Waals surface area contributed by atoms with E-state index >= 15 is 0 Å². The van der Waals surface area contributed by atoms with E-state index in [-0.39, 0.29) is 31.5 Å². The van der Waals surface area contributed by atoms with E-state index in [4.69, 9.17) is 13.8 Å². The second-order valence-corrected chi connectivity index (χ2v) is 21.2. The van der Waals surface area contributed by atoms with Gasteiger partial charge < -0.3 is 19.4 Å². The van der Waals surface area contributed by atoms with Crippen molar-refractivity contribution in [2.75, 3.05) is 40.9 Å². The largest absolute Gasteiger partial charge is 0.472 e. The van der Waals surface area contributed by atoms with Gasteiger partial charge in [-0.15, -0.1) is 0 Å². The molecule has 1 amide bonds. The topological polar surface area (TPSA) is 111 Å². The highest BCUT2D eigenvalue weighted by Crippen LogP contribution is 2.43. The van der Waals surface area contributed by atoms with Crippen LogP contribution in [0.5, 0.6) is 0 Å². The highest BCUT2D eigenvalue weighted by atomic mass is 31.2. The molecule has 0 aromatic rings. The van der Waals surface area contributed by atoms with Crippen LogP contribution in [0.2, 0.25) is 0 Å². The minimum atomic E-state index is -4.45. The fourth-order valence-electron chi connectivity index (χ4n) is 7.57. The molecule has 67 heavy (non-hydrogen) atoms. The molecule has 0 radical (unpaired) electrons. The quantitative estimate of drug-likeness (QED) is 0.0205. The first-order valence-corrected chi connectivity index (χ1v) is 29.1. The lowest BCUT2D eigenvalue weighted by molar-refractivity contribution is -0.870. The number of carbonyl (C=O) groups is 2. The van der Waals surface area contributed by atoms with Crippen molar-refractivity contribution < 1.29 is 37.3 Å². The third kappa shape index (κ3) is 48.5. The van der Waals surface area contributed by atoms with Gasteiger partial charge in [-0.3, -0.25) is 18.6 Å². The van der Waals surface area contributed by atoms with Gasteiger partial charge in [0, 0.05) is 12.8 Å². The molecule has 0 aliphatic carbocycles. The zero-order valence-corrected chi connectivity index (χ0v) is 45.3. The second kappa shape index (κ2) is 47.4. The third-order valence-electron chi connectivity index (χ3n) is 11.9. The van der Waals surface area contributed by atoms with Crippen LogP contribution in [0.3, 0.4) is 0 Å². The van der Waals surface area contributed by atoms with E-state index in [1.807, 2.05) is 33.3 Å². The zero-order valence-electron chi connectivity index (χ0n) is 44.4. The molecule has 0 saturated heterocycles. The number of carbonyl (C=O) groups excluding carboxylic acids is 2. The Morgan fingerprint density at radius 2 is 0.925 bits per heavy atom. The van der Waals surface area contributed by atoms with Crippen LogP contribution in [0.1, 0.15) is 239 Å². The van der Waals surface area contributed by atoms with Crippen molar-refractivity contribution in [3.05, 3.63) is 60.8 Å². The lowest BCUT2D eigenvalue weighted by Gasteiger charge is -2.27. The van der Waals surface area contributed by atoms with E-state index in [0.717, 1.165) is 109 Å². The van der Waals surface area contributed by atoms with E-state index in [0.29, 0.717) is 17.4 Å². The minimum Gasteiger partial charge on any atom is -0.456 e. The van der Waals surface area contributed by atoms with Crippen molar-refractivity contribution in [3.63, 3.8) is 0 Å². The highest BCUT2D eigenvalue weighted by molar-refractivity contribution is 7.47. The Labute approximate surface area is 413 Å². The number of rotatable bonds is 49. The van der Waals surface area contributed by atoms with Crippen molar-refractivity contribution in [3.8, 4) is 0 Å². The minimum absolute atomic E-state index is 0.0329. The summed E-state index contributed by atoms with van der Waals surface area (Å²) in [6.07, 6.45) is 57.8. The van der Waals surface area contributed by atoms with Crippen LogP contribution in [-0.4, -0.2) is 74.3 Å². The molecule has 0 bridgehead atoms. The summed E-state index contributed by atoms with van der Waals surface area (Å²) in [5.74, 6) is -0.543. The Bertz CT molecular complexity index is 1340. The molecule has 0 saturated carbocycles. The molecule has 9 nitrogen and oxygen atoms in total. The molecule has 0 aliphatic heterocycles. The van der Waals surface area contributed by atoms with Crippen LogP contribution in [0, 0.1) is 0 Å². The molecule has 0 rings (SSSR count). The molecule has 0 aromatic heterocycles. The number of esters is 1. The molecule has 0 aliphatic rings. The monoisotopic (exact) mass is 962 g/mol. The molecule has 0 heterocycles. The van der Waals surface area contributed by atoms with Crippen LogP contribution >= 0.6 is 7.82 Å². The van der Waals surface area contributed by atoms with Gasteiger partial charge in [-0.25, -0.2) is 4.57 Å². The molecule has 0 spiro atoms. The summed E-state index contributed by atoms with van der Waals surface area (Å²) < 4.78 is 30.5. The van der Waals surface area contributed by atoms with Crippen LogP contribution in [0.15, 0.2) is 60.8 Å². The average molecular weight is 962 g/mol. The van der Waals surface area contributed by atoms with Crippen molar-refractivity contribution in [2.45, 2.75) is 251 Å². The van der Waals surface area contributed by atoms with E-state index in [2.05, 4.69) is 74.7 Å². The number of quaternary nitrogens is 1. The number of phosphoric ester groups is 1. The number of nitrogens with zero attached hydrogens (tertiary/aromatic N) is 1. The summed E-state index contributed by atoms with van der Waals surface area (Å²) >= 11 is 0. The number of hydrogen-bond donors (Lipinski definition) is 2. The van der Waals surface area contributed by atoms with Crippen LogP contribution in [-0.2, 0) is 27.9 Å². The van der Waals surface area contributed by atoms with Gasteiger partial charge in [-0.1, -0.05) is 197 Å². The molecular weight excluding hydrogens is 856 g/mol. The number of nitrogens with one attached hydrogen (secondary N) is 1. The lowest BCUT2D eigenvalue weighted by atomic mass is 10.0. The van der Waals surface area contributed by atoms with E-state index in [1.54, 1.807) is 0 Å². The number of likely N-dealkylation sites (N-methyl/N-ethyl adjacent to an activating group) is 1. The maximum absolute atomic E-state index is 13.5. The third-order valence-corrected chi connectivity index (χ3v) is 12.9. The Kier molecular flexibility index (Phi) is 45.8. The summed E-state index contributed by atoms with van der Waals surface area (Å²) in [6.45, 7) is 6.91. The van der Waals surface area contributed by atoms with Gasteiger partial charge in [0.1, 0.15) is 19.3 Å². The fraction of sp³-hybridized carbons (Fsp3) is 0.789. The first-order chi connectivity index (χ1) is 32.4. The molecular formula is C57H106N2O7P+. The Balaban J connectivity index is 5.43. The molecule has 10 heteroatoms. The molecule has 0 fully saturated rings. The van der Waals surface area contributed by atoms with Crippen LogP contribution in [0.25, 0.3) is 0 Å². The summed E-state index contributed by atoms with van der Waals surface area (Å²) in [5, 5.41) is 3.03. The standard InChI is InChI=1S/C57H105N2O7P/c1-7-10-13-16-19-22-25-27-28-29-30-32-35-37-40-43-46-49-56(60)58-54(53-65-67(62,63)64-52-51-59(4,5)6)55(48-45-42-39-36-34-31-26-23-20-17-14-11-8-2)66-57(61)50-47-44-41-38-33-24-21-18-15-12-9-3/h18-19,21-22,27-28,30,32,45,48,54-55H,7-17,20,23-26,29,31,33-44,46-47,49-53H2,1-6H3,(H-,58,60,62,63)/p+1/b21-18-,22-19-,28-27-,32-30-,48-45+. The van der Waals surface area contributed by atoms with E-state index in [9.17, 15) is 19.0 Å². The van der Waals surface area contributed by atoms with Gasteiger partial charge in [0.2, 0.25) is 5.91 Å². The number of phosphoric acid groups is 1. The summed E-state index contributed by atoms with van der Waals surface area (Å²) in [4.78, 5) is 37.5. The molecule has 3 atom stereocenters. The Morgan fingerprint density at radius 1 is 0.522 bits per heavy atom. The fourth-order valence-corrected chi connectivity index (χ4v) is 8.31. The summed E-state index contributed by atoms with van der Waals surface area (Å²) in [6, 6.07) is -0.862. The van der Waals surface area contributed by atoms with Crippen molar-refractivity contribution in [1.29, 1.82) is 0 Å². The SMILES string of the molecule is CCCC/C=C\CCCCCCCC(=O)OC(/C=C/CCCCCCCCCCCCC)C(COP(=O)(O)OCC[N+](C)(C)C)NC(=O)CCCCCC/C=C\C/C=C\C/C=C\CCCCC. The Hall–Kier alpha value is -2.29. The number of hydrogen-bond acceptors (Lipinski definition) is 6. The maximum Gasteiger partial charge on any atom is 0.472 e. The second-order valence-electron chi connectivity index (χ2n) is 19.7. The number of unbranched alkanes of at least 4 members (excludes halogenated alkanes) is 25. The summed E-state index contributed by atoms with van der Waals surface area (Å²) in [7, 11) is 1.47. The smallest absolute Gasteiger partial charge is 0.456 e. The predicted molar refractivity (Wildman–Crippen MR) is 286 cm³/mol. The molecule has 2 N–H and O–H groups in total. The van der Waals surface area contributed by atoms with Crippen LogP contribution < -0.4 is 5.32 Å².